The molecule has 0 aliphatic rings. The van der Waals surface area contributed by atoms with Crippen LogP contribution in [-0.4, -0.2) is 30.2 Å². The molecule has 1 aromatic heterocycles. The van der Waals surface area contributed by atoms with Gasteiger partial charge in [0.05, 0.1) is 12.7 Å². The highest BCUT2D eigenvalue weighted by Crippen LogP contribution is 2.26. The van der Waals surface area contributed by atoms with Crippen molar-refractivity contribution in [3.8, 4) is 16.9 Å². The molecule has 0 fully saturated rings. The van der Waals surface area contributed by atoms with Crippen molar-refractivity contribution in [2.75, 3.05) is 7.11 Å². The number of methoxy groups -OCH3 is 1. The molecule has 0 saturated carbocycles. The van der Waals surface area contributed by atoms with E-state index in [4.69, 9.17) is 4.74 Å². The monoisotopic (exact) mass is 337 g/mol. The third kappa shape index (κ3) is 3.91. The van der Waals surface area contributed by atoms with Crippen LogP contribution in [0, 0.1) is 0 Å². The molecule has 25 heavy (non-hydrogen) atoms. The summed E-state index contributed by atoms with van der Waals surface area (Å²) in [5.74, 6) is 0.522. The van der Waals surface area contributed by atoms with Crippen LogP contribution in [0.1, 0.15) is 5.56 Å². The van der Waals surface area contributed by atoms with Gasteiger partial charge in [-0.3, -0.25) is 4.98 Å². The standard InChI is InChI=1S/C19H16BF2N2O/c1-25-19-10-9-15(16-6-5-11-23-13-16)12-17(19)14-24(20(21)22)18-7-3-2-4-8-18/h2-14H,1H3/q+1/b24-14-. The summed E-state index contributed by atoms with van der Waals surface area (Å²) in [6.07, 6.45) is 4.82. The van der Waals surface area contributed by atoms with E-state index in [0.717, 1.165) is 15.6 Å². The molecule has 0 bridgehead atoms. The molecule has 0 unspecified atom stereocenters. The van der Waals surface area contributed by atoms with Gasteiger partial charge in [0, 0.05) is 30.1 Å². The maximum Gasteiger partial charge on any atom is 0.934 e. The zero-order valence-corrected chi connectivity index (χ0v) is 13.6. The molecule has 3 nitrogen and oxygen atoms in total. The van der Waals surface area contributed by atoms with E-state index in [1.54, 1.807) is 48.8 Å². The van der Waals surface area contributed by atoms with E-state index in [9.17, 15) is 8.63 Å². The van der Waals surface area contributed by atoms with Crippen molar-refractivity contribution >= 4 is 19.3 Å². The highest BCUT2D eigenvalue weighted by molar-refractivity contribution is 6.34. The lowest BCUT2D eigenvalue weighted by Gasteiger charge is -2.08. The smallest absolute Gasteiger partial charge is 0.496 e. The number of halogens is 2. The summed E-state index contributed by atoms with van der Waals surface area (Å²) >= 11 is 0. The molecule has 3 aromatic rings. The van der Waals surface area contributed by atoms with Crippen LogP contribution >= 0.6 is 0 Å². The Bertz CT molecular complexity index is 871. The average molecular weight is 337 g/mol. The van der Waals surface area contributed by atoms with Gasteiger partial charge in [-0.1, -0.05) is 30.3 Å². The molecule has 1 heterocycles. The SMILES string of the molecule is COc1ccc(-c2cccnc2)cc1/C=[N+](\B(F)F)c1ccccc1. The molecule has 0 aliphatic heterocycles. The van der Waals surface area contributed by atoms with Crippen LogP contribution in [-0.2, 0) is 0 Å². The van der Waals surface area contributed by atoms with Crippen LogP contribution in [0.3, 0.4) is 0 Å². The topological polar surface area (TPSA) is 25.1 Å². The Morgan fingerprint density at radius 1 is 1.00 bits per heavy atom. The van der Waals surface area contributed by atoms with Crippen molar-refractivity contribution in [2.45, 2.75) is 0 Å². The van der Waals surface area contributed by atoms with Gasteiger partial charge in [-0.15, -0.1) is 0 Å². The molecule has 0 spiro atoms. The zero-order chi connectivity index (χ0) is 17.6. The van der Waals surface area contributed by atoms with Crippen LogP contribution in [0.4, 0.5) is 14.3 Å². The second-order valence-corrected chi connectivity index (χ2v) is 5.35. The summed E-state index contributed by atoms with van der Waals surface area (Å²) in [5, 5.41) is 0. The Kier molecular flexibility index (Phi) is 5.19. The number of ether oxygens (including phenoxy) is 1. The van der Waals surface area contributed by atoms with Gasteiger partial charge in [-0.2, -0.15) is 0 Å². The van der Waals surface area contributed by atoms with E-state index < -0.39 is 7.40 Å². The van der Waals surface area contributed by atoms with Crippen LogP contribution in [0.5, 0.6) is 5.75 Å². The Labute approximate surface area is 145 Å². The fourth-order valence-electron chi connectivity index (χ4n) is 2.54. The van der Waals surface area contributed by atoms with Crippen LogP contribution in [0.2, 0.25) is 0 Å². The second kappa shape index (κ2) is 7.70. The number of nitrogens with zero attached hydrogens (tertiary/aromatic N) is 2. The van der Waals surface area contributed by atoms with E-state index in [2.05, 4.69) is 4.98 Å². The predicted molar refractivity (Wildman–Crippen MR) is 95.7 cm³/mol. The van der Waals surface area contributed by atoms with E-state index in [1.165, 1.54) is 13.3 Å². The van der Waals surface area contributed by atoms with Crippen molar-refractivity contribution in [1.29, 1.82) is 0 Å². The first-order valence-electron chi connectivity index (χ1n) is 7.74. The fourth-order valence-corrected chi connectivity index (χ4v) is 2.54. The number of rotatable bonds is 5. The molecule has 3 rings (SSSR count). The lowest BCUT2D eigenvalue weighted by atomic mass is 10.0. The quantitative estimate of drug-likeness (QED) is 0.508. The van der Waals surface area contributed by atoms with Gasteiger partial charge >= 0.3 is 7.40 Å². The molecule has 0 saturated heterocycles. The number of benzene rings is 2. The number of aromatic nitrogens is 1. The summed E-state index contributed by atoms with van der Waals surface area (Å²) in [4.78, 5) is 4.10. The third-order valence-corrected chi connectivity index (χ3v) is 3.77. The normalized spacial score (nSPS) is 11.2. The maximum absolute atomic E-state index is 13.6. The molecular weight excluding hydrogens is 321 g/mol. The highest BCUT2D eigenvalue weighted by atomic mass is 19.2. The Morgan fingerprint density at radius 2 is 1.80 bits per heavy atom. The van der Waals surface area contributed by atoms with Crippen molar-refractivity contribution in [1.82, 2.24) is 4.98 Å². The minimum atomic E-state index is -2.67. The van der Waals surface area contributed by atoms with Gasteiger partial charge in [-0.05, 0) is 23.8 Å². The largest absolute Gasteiger partial charge is 0.934 e. The lowest BCUT2D eigenvalue weighted by Crippen LogP contribution is -2.19. The summed E-state index contributed by atoms with van der Waals surface area (Å²) in [5.41, 5.74) is 2.75. The molecule has 0 N–H and O–H groups in total. The zero-order valence-electron chi connectivity index (χ0n) is 13.6. The van der Waals surface area contributed by atoms with E-state index >= 15 is 0 Å². The van der Waals surface area contributed by atoms with Crippen LogP contribution in [0.15, 0.2) is 73.1 Å². The molecule has 0 atom stereocenters. The van der Waals surface area contributed by atoms with Gasteiger partial charge in [0.15, 0.2) is 11.9 Å². The van der Waals surface area contributed by atoms with E-state index in [0.29, 0.717) is 17.0 Å². The second-order valence-electron chi connectivity index (χ2n) is 5.35. The highest BCUT2D eigenvalue weighted by Gasteiger charge is 2.36. The molecule has 124 valence electrons. The van der Waals surface area contributed by atoms with Gasteiger partial charge in [0.1, 0.15) is 5.75 Å². The summed E-state index contributed by atoms with van der Waals surface area (Å²) in [7, 11) is -1.15. The first-order chi connectivity index (χ1) is 12.2. The first kappa shape index (κ1) is 16.8. The van der Waals surface area contributed by atoms with Crippen molar-refractivity contribution in [3.63, 3.8) is 0 Å². The van der Waals surface area contributed by atoms with Crippen molar-refractivity contribution < 1.29 is 17.9 Å². The number of para-hydroxylation sites is 1. The van der Waals surface area contributed by atoms with Crippen molar-refractivity contribution in [2.24, 2.45) is 0 Å². The minimum absolute atomic E-state index is 0.409. The Hall–Kier alpha value is -3.02. The molecule has 0 radical (unpaired) electrons. The Balaban J connectivity index is 2.11. The third-order valence-electron chi connectivity index (χ3n) is 3.77. The molecule has 2 aromatic carbocycles. The molecule has 0 amide bonds. The number of hydrogen-bond acceptors (Lipinski definition) is 2. The van der Waals surface area contributed by atoms with E-state index in [-0.39, 0.29) is 0 Å². The Morgan fingerprint density at radius 3 is 2.44 bits per heavy atom. The molecule has 6 heteroatoms. The predicted octanol–water partition coefficient (Wildman–Crippen LogP) is 4.44. The molecule has 0 aliphatic carbocycles. The summed E-state index contributed by atoms with van der Waals surface area (Å²) < 4.78 is 33.4. The van der Waals surface area contributed by atoms with Gasteiger partial charge in [0.2, 0.25) is 0 Å². The maximum atomic E-state index is 13.6. The average Bonchev–Trinajstić information content (AvgIpc) is 2.67. The van der Waals surface area contributed by atoms with Crippen molar-refractivity contribution in [3.05, 3.63) is 78.6 Å². The minimum Gasteiger partial charge on any atom is -0.496 e. The number of hydrogen-bond donors (Lipinski definition) is 0. The summed E-state index contributed by atoms with van der Waals surface area (Å²) in [6.45, 7) is 0. The van der Waals surface area contributed by atoms with Gasteiger partial charge in [-0.25, -0.2) is 13.1 Å². The van der Waals surface area contributed by atoms with Gasteiger partial charge < -0.3 is 4.74 Å². The first-order valence-corrected chi connectivity index (χ1v) is 7.74. The number of pyridine rings is 1. The lowest BCUT2D eigenvalue weighted by molar-refractivity contribution is -0.305. The van der Waals surface area contributed by atoms with Crippen LogP contribution in [0.25, 0.3) is 11.1 Å². The fraction of sp³-hybridized carbons (Fsp3) is 0.0526. The van der Waals surface area contributed by atoms with E-state index in [1.807, 2.05) is 24.3 Å². The summed E-state index contributed by atoms with van der Waals surface area (Å²) in [6, 6.07) is 17.7. The van der Waals surface area contributed by atoms with Gasteiger partial charge in [0.25, 0.3) is 0 Å². The molecular formula is C19H16BF2N2O+. The van der Waals surface area contributed by atoms with Crippen LogP contribution < -0.4 is 4.74 Å².